The minimum absolute atomic E-state index is 0. The third-order valence-corrected chi connectivity index (χ3v) is 4.09. The molecule has 0 spiro atoms. The van der Waals surface area contributed by atoms with Crippen LogP contribution in [-0.2, 0) is 4.74 Å². The van der Waals surface area contributed by atoms with E-state index < -0.39 is 0 Å². The van der Waals surface area contributed by atoms with Gasteiger partial charge in [-0.2, -0.15) is 0 Å². The van der Waals surface area contributed by atoms with Gasteiger partial charge in [0.15, 0.2) is 5.96 Å². The molecule has 1 aromatic carbocycles. The number of aliphatic hydroxyl groups excluding tert-OH is 1. The molecule has 2 rings (SSSR count). The van der Waals surface area contributed by atoms with Crippen LogP contribution in [0.4, 0.5) is 0 Å². The standard InChI is InChI=1S/C17H27N3O3.HI/c1-18-16(19-9-12-23-15-5-3-2-4-6-15)20-13-17(7-10-21)8-11-22-14-17;/h2-6,21H,7-14H2,1H3,(H2,18,19,20);1H. The molecule has 24 heavy (non-hydrogen) atoms. The Morgan fingerprint density at radius 1 is 1.33 bits per heavy atom. The summed E-state index contributed by atoms with van der Waals surface area (Å²) < 4.78 is 11.1. The zero-order chi connectivity index (χ0) is 16.4. The molecular formula is C17H28IN3O3. The molecule has 1 atom stereocenters. The van der Waals surface area contributed by atoms with Crippen molar-refractivity contribution in [3.8, 4) is 5.75 Å². The van der Waals surface area contributed by atoms with Gasteiger partial charge in [-0.3, -0.25) is 4.99 Å². The maximum absolute atomic E-state index is 9.25. The average Bonchev–Trinajstić information content (AvgIpc) is 3.04. The number of nitrogens with one attached hydrogen (secondary N) is 2. The lowest BCUT2D eigenvalue weighted by Crippen LogP contribution is -2.45. The van der Waals surface area contributed by atoms with Gasteiger partial charge in [0.25, 0.3) is 0 Å². The van der Waals surface area contributed by atoms with Crippen LogP contribution in [0.3, 0.4) is 0 Å². The van der Waals surface area contributed by atoms with E-state index in [1.54, 1.807) is 7.05 Å². The monoisotopic (exact) mass is 449 g/mol. The topological polar surface area (TPSA) is 75.1 Å². The maximum Gasteiger partial charge on any atom is 0.191 e. The Morgan fingerprint density at radius 3 is 2.75 bits per heavy atom. The number of para-hydroxylation sites is 1. The fourth-order valence-electron chi connectivity index (χ4n) is 2.66. The molecule has 1 fully saturated rings. The van der Waals surface area contributed by atoms with Crippen LogP contribution in [0.25, 0.3) is 0 Å². The van der Waals surface area contributed by atoms with E-state index in [1.165, 1.54) is 0 Å². The predicted molar refractivity (Wildman–Crippen MR) is 106 cm³/mol. The second-order valence-electron chi connectivity index (χ2n) is 5.79. The molecule has 0 amide bonds. The minimum atomic E-state index is 0. The maximum atomic E-state index is 9.25. The number of aliphatic hydroxyl groups is 1. The highest BCUT2D eigenvalue weighted by Gasteiger charge is 2.34. The molecule has 3 N–H and O–H groups in total. The highest BCUT2D eigenvalue weighted by molar-refractivity contribution is 14.0. The first-order valence-electron chi connectivity index (χ1n) is 8.09. The van der Waals surface area contributed by atoms with Gasteiger partial charge in [-0.1, -0.05) is 18.2 Å². The first-order valence-corrected chi connectivity index (χ1v) is 8.09. The van der Waals surface area contributed by atoms with Crippen LogP contribution in [0.2, 0.25) is 0 Å². The fraction of sp³-hybridized carbons (Fsp3) is 0.588. The van der Waals surface area contributed by atoms with E-state index in [2.05, 4.69) is 15.6 Å². The summed E-state index contributed by atoms with van der Waals surface area (Å²) in [7, 11) is 1.75. The summed E-state index contributed by atoms with van der Waals surface area (Å²) in [5.74, 6) is 1.60. The molecule has 0 aromatic heterocycles. The first-order chi connectivity index (χ1) is 11.3. The molecule has 7 heteroatoms. The Balaban J connectivity index is 0.00000288. The summed E-state index contributed by atoms with van der Waals surface area (Å²) >= 11 is 0. The van der Waals surface area contributed by atoms with Crippen molar-refractivity contribution in [3.05, 3.63) is 30.3 Å². The van der Waals surface area contributed by atoms with Crippen molar-refractivity contribution >= 4 is 29.9 Å². The van der Waals surface area contributed by atoms with Crippen LogP contribution in [0.5, 0.6) is 5.75 Å². The highest BCUT2D eigenvalue weighted by Crippen LogP contribution is 2.31. The quantitative estimate of drug-likeness (QED) is 0.244. The van der Waals surface area contributed by atoms with Gasteiger partial charge < -0.3 is 25.2 Å². The minimum Gasteiger partial charge on any atom is -0.492 e. The molecule has 1 unspecified atom stereocenters. The van der Waals surface area contributed by atoms with E-state index >= 15 is 0 Å². The molecule has 1 heterocycles. The summed E-state index contributed by atoms with van der Waals surface area (Å²) in [6.07, 6.45) is 1.71. The van der Waals surface area contributed by atoms with Gasteiger partial charge in [-0.25, -0.2) is 0 Å². The molecule has 1 aromatic rings. The molecule has 0 aliphatic carbocycles. The molecular weight excluding hydrogens is 421 g/mol. The lowest BCUT2D eigenvalue weighted by atomic mass is 9.84. The zero-order valence-corrected chi connectivity index (χ0v) is 16.5. The lowest BCUT2D eigenvalue weighted by Gasteiger charge is -2.27. The Morgan fingerprint density at radius 2 is 2.12 bits per heavy atom. The van der Waals surface area contributed by atoms with Crippen LogP contribution in [0.15, 0.2) is 35.3 Å². The number of hydrogen-bond donors (Lipinski definition) is 3. The van der Waals surface area contributed by atoms with Gasteiger partial charge in [0.1, 0.15) is 12.4 Å². The van der Waals surface area contributed by atoms with Gasteiger partial charge in [0.2, 0.25) is 0 Å². The zero-order valence-electron chi connectivity index (χ0n) is 14.2. The van der Waals surface area contributed by atoms with Crippen molar-refractivity contribution in [3.63, 3.8) is 0 Å². The molecule has 1 aliphatic heterocycles. The SMILES string of the molecule is CN=C(NCCOc1ccccc1)NCC1(CCO)CCOC1.I. The number of hydrogen-bond acceptors (Lipinski definition) is 4. The normalized spacial score (nSPS) is 20.3. The van der Waals surface area contributed by atoms with Crippen molar-refractivity contribution in [1.29, 1.82) is 0 Å². The first kappa shape index (κ1) is 21.0. The van der Waals surface area contributed by atoms with Gasteiger partial charge in [-0.15, -0.1) is 24.0 Å². The molecule has 0 bridgehead atoms. The summed E-state index contributed by atoms with van der Waals surface area (Å²) in [5, 5.41) is 15.8. The summed E-state index contributed by atoms with van der Waals surface area (Å²) in [4.78, 5) is 4.22. The largest absolute Gasteiger partial charge is 0.492 e. The fourth-order valence-corrected chi connectivity index (χ4v) is 2.66. The van der Waals surface area contributed by atoms with Crippen molar-refractivity contribution in [2.45, 2.75) is 12.8 Å². The van der Waals surface area contributed by atoms with Crippen LogP contribution in [-0.4, -0.2) is 57.6 Å². The average molecular weight is 449 g/mol. The molecule has 0 saturated carbocycles. The Labute approximate surface area is 161 Å². The van der Waals surface area contributed by atoms with Gasteiger partial charge in [-0.05, 0) is 25.0 Å². The number of halogens is 1. The third kappa shape index (κ3) is 6.82. The molecule has 1 aliphatic rings. The van der Waals surface area contributed by atoms with E-state index in [-0.39, 0.29) is 36.0 Å². The number of guanidine groups is 1. The van der Waals surface area contributed by atoms with Gasteiger partial charge in [0.05, 0.1) is 13.2 Å². The summed E-state index contributed by atoms with van der Waals surface area (Å²) in [5.41, 5.74) is 0.00685. The van der Waals surface area contributed by atoms with E-state index in [9.17, 15) is 5.11 Å². The smallest absolute Gasteiger partial charge is 0.191 e. The lowest BCUT2D eigenvalue weighted by molar-refractivity contribution is 0.127. The predicted octanol–water partition coefficient (Wildman–Crippen LogP) is 1.64. The number of ether oxygens (including phenoxy) is 2. The Kier molecular flexibility index (Phi) is 10.0. The van der Waals surface area contributed by atoms with Crippen LogP contribution >= 0.6 is 24.0 Å². The molecule has 6 nitrogen and oxygen atoms in total. The second-order valence-corrected chi connectivity index (χ2v) is 5.79. The van der Waals surface area contributed by atoms with Gasteiger partial charge in [0, 0.05) is 32.2 Å². The Hall–Kier alpha value is -1.06. The van der Waals surface area contributed by atoms with E-state index in [1.807, 2.05) is 30.3 Å². The van der Waals surface area contributed by atoms with Crippen molar-refractivity contribution in [2.24, 2.45) is 10.4 Å². The third-order valence-electron chi connectivity index (χ3n) is 4.09. The van der Waals surface area contributed by atoms with Crippen LogP contribution in [0.1, 0.15) is 12.8 Å². The number of nitrogens with zero attached hydrogens (tertiary/aromatic N) is 1. The van der Waals surface area contributed by atoms with Crippen molar-refractivity contribution in [1.82, 2.24) is 10.6 Å². The molecule has 0 radical (unpaired) electrons. The van der Waals surface area contributed by atoms with Gasteiger partial charge >= 0.3 is 0 Å². The molecule has 1 saturated heterocycles. The summed E-state index contributed by atoms with van der Waals surface area (Å²) in [6, 6.07) is 9.74. The number of benzene rings is 1. The van der Waals surface area contributed by atoms with E-state index in [4.69, 9.17) is 9.47 Å². The van der Waals surface area contributed by atoms with Crippen LogP contribution < -0.4 is 15.4 Å². The molecule has 136 valence electrons. The van der Waals surface area contributed by atoms with E-state index in [0.717, 1.165) is 37.7 Å². The summed E-state index contributed by atoms with van der Waals surface area (Å²) in [6.45, 7) is 3.61. The highest BCUT2D eigenvalue weighted by atomic mass is 127. The number of rotatable bonds is 8. The number of aliphatic imine (C=N–C) groups is 1. The van der Waals surface area contributed by atoms with Crippen molar-refractivity contribution in [2.75, 3.05) is 46.6 Å². The van der Waals surface area contributed by atoms with Crippen LogP contribution in [0, 0.1) is 5.41 Å². The second kappa shape index (κ2) is 11.5. The van der Waals surface area contributed by atoms with Crippen molar-refractivity contribution < 1.29 is 14.6 Å². The Bertz CT molecular complexity index is 479. The van der Waals surface area contributed by atoms with E-state index in [0.29, 0.717) is 19.8 Å².